The van der Waals surface area contributed by atoms with Crippen molar-refractivity contribution in [2.45, 2.75) is 25.5 Å². The zero-order valence-electron chi connectivity index (χ0n) is 14.2. The smallest absolute Gasteiger partial charge is 0.290 e. The van der Waals surface area contributed by atoms with Crippen molar-refractivity contribution in [3.8, 4) is 0 Å². The van der Waals surface area contributed by atoms with Crippen molar-refractivity contribution < 1.29 is 13.9 Å². The van der Waals surface area contributed by atoms with E-state index >= 15 is 0 Å². The molecule has 0 saturated carbocycles. The van der Waals surface area contributed by atoms with Crippen LogP contribution in [-0.2, 0) is 11.3 Å². The summed E-state index contributed by atoms with van der Waals surface area (Å²) in [5.74, 6) is 0.323. The molecule has 1 aliphatic heterocycles. The molecule has 3 heterocycles. The van der Waals surface area contributed by atoms with Gasteiger partial charge in [-0.15, -0.1) is 0 Å². The monoisotopic (exact) mass is 339 g/mol. The Hall–Kier alpha value is -2.60. The van der Waals surface area contributed by atoms with Crippen molar-refractivity contribution in [3.05, 3.63) is 54.0 Å². The van der Waals surface area contributed by atoms with E-state index in [0.29, 0.717) is 18.9 Å². The molecule has 1 amide bonds. The third-order valence-corrected chi connectivity index (χ3v) is 4.76. The van der Waals surface area contributed by atoms with E-state index in [1.165, 1.54) is 0 Å². The fourth-order valence-corrected chi connectivity index (χ4v) is 3.55. The van der Waals surface area contributed by atoms with Crippen LogP contribution in [-0.4, -0.2) is 40.8 Å². The van der Waals surface area contributed by atoms with Crippen LogP contribution in [0.4, 0.5) is 0 Å². The minimum atomic E-state index is -0.0693. The average Bonchev–Trinajstić information content (AvgIpc) is 3.30. The van der Waals surface area contributed by atoms with E-state index in [1.54, 1.807) is 13.3 Å². The maximum Gasteiger partial charge on any atom is 0.290 e. The molecule has 25 heavy (non-hydrogen) atoms. The van der Waals surface area contributed by atoms with Crippen LogP contribution in [0.1, 0.15) is 35.0 Å². The van der Waals surface area contributed by atoms with E-state index in [0.717, 1.165) is 35.9 Å². The molecule has 3 aromatic rings. The molecule has 6 nitrogen and oxygen atoms in total. The molecule has 4 rings (SSSR count). The van der Waals surface area contributed by atoms with E-state index in [1.807, 2.05) is 46.1 Å². The molecule has 1 aliphatic rings. The van der Waals surface area contributed by atoms with Gasteiger partial charge in [0.2, 0.25) is 0 Å². The largest absolute Gasteiger partial charge is 0.451 e. The second kappa shape index (κ2) is 6.72. The fraction of sp³-hybridized carbons (Fsp3) is 0.368. The summed E-state index contributed by atoms with van der Waals surface area (Å²) in [5.41, 5.74) is 1.54. The lowest BCUT2D eigenvalue weighted by atomic mass is 10.0. The summed E-state index contributed by atoms with van der Waals surface area (Å²) >= 11 is 0. The molecule has 0 bridgehead atoms. The average molecular weight is 339 g/mol. The highest BCUT2D eigenvalue weighted by Crippen LogP contribution is 2.29. The lowest BCUT2D eigenvalue weighted by Crippen LogP contribution is -2.41. The van der Waals surface area contributed by atoms with Crippen LogP contribution in [0.3, 0.4) is 0 Å². The van der Waals surface area contributed by atoms with Crippen molar-refractivity contribution in [3.63, 3.8) is 0 Å². The van der Waals surface area contributed by atoms with Crippen molar-refractivity contribution >= 4 is 16.9 Å². The van der Waals surface area contributed by atoms with Crippen LogP contribution in [0.25, 0.3) is 11.0 Å². The summed E-state index contributed by atoms with van der Waals surface area (Å²) in [6, 6.07) is 9.82. The van der Waals surface area contributed by atoms with Gasteiger partial charge in [0.15, 0.2) is 5.76 Å². The number of carbonyl (C=O) groups excluding carboxylic acids is 1. The predicted octanol–water partition coefficient (Wildman–Crippen LogP) is 3.25. The summed E-state index contributed by atoms with van der Waals surface area (Å²) in [6.07, 6.45) is 5.71. The standard InChI is InChI=1S/C19H21N3O3/c1-24-13-16-15-7-2-3-8-17(15)25-18(16)19(23)21-10-4-6-14(12-21)22-11-5-9-20-22/h2-3,5,7-9,11,14H,4,6,10,12-13H2,1H3. The van der Waals surface area contributed by atoms with Gasteiger partial charge in [-0.1, -0.05) is 18.2 Å². The van der Waals surface area contributed by atoms with Crippen molar-refractivity contribution in [1.29, 1.82) is 0 Å². The number of aromatic nitrogens is 2. The Balaban J connectivity index is 1.64. The molecule has 0 radical (unpaired) electrons. The van der Waals surface area contributed by atoms with Crippen LogP contribution in [0.15, 0.2) is 47.1 Å². The number of piperidine rings is 1. The molecule has 1 atom stereocenters. The quantitative estimate of drug-likeness (QED) is 0.732. The van der Waals surface area contributed by atoms with Crippen LogP contribution in [0.2, 0.25) is 0 Å². The SMILES string of the molecule is COCc1c(C(=O)N2CCCC(n3cccn3)C2)oc2ccccc12. The lowest BCUT2D eigenvalue weighted by molar-refractivity contribution is 0.0637. The topological polar surface area (TPSA) is 60.5 Å². The fourth-order valence-electron chi connectivity index (χ4n) is 3.55. The molecule has 1 fully saturated rings. The number of amides is 1. The molecule has 6 heteroatoms. The summed E-state index contributed by atoms with van der Waals surface area (Å²) in [4.78, 5) is 15.0. The van der Waals surface area contributed by atoms with Gasteiger partial charge in [-0.05, 0) is 25.0 Å². The number of hydrogen-bond donors (Lipinski definition) is 0. The molecule has 0 N–H and O–H groups in total. The van der Waals surface area contributed by atoms with Gasteiger partial charge in [-0.25, -0.2) is 0 Å². The normalized spacial score (nSPS) is 18.0. The Morgan fingerprint density at radius 2 is 2.24 bits per heavy atom. The summed E-state index contributed by atoms with van der Waals surface area (Å²) in [6.45, 7) is 1.73. The number of ether oxygens (including phenoxy) is 1. The van der Waals surface area contributed by atoms with E-state index in [-0.39, 0.29) is 11.9 Å². The highest BCUT2D eigenvalue weighted by atomic mass is 16.5. The summed E-state index contributed by atoms with van der Waals surface area (Å²) < 4.78 is 13.1. The first kappa shape index (κ1) is 15.9. The number of fused-ring (bicyclic) bond motifs is 1. The lowest BCUT2D eigenvalue weighted by Gasteiger charge is -2.32. The van der Waals surface area contributed by atoms with E-state index in [9.17, 15) is 4.79 Å². The Morgan fingerprint density at radius 1 is 1.36 bits per heavy atom. The summed E-state index contributed by atoms with van der Waals surface area (Å²) in [7, 11) is 1.63. The molecule has 1 saturated heterocycles. The van der Waals surface area contributed by atoms with Gasteiger partial charge in [0.25, 0.3) is 5.91 Å². The predicted molar refractivity (Wildman–Crippen MR) is 93.3 cm³/mol. The number of para-hydroxylation sites is 1. The maximum atomic E-state index is 13.1. The number of rotatable bonds is 4. The number of likely N-dealkylation sites (tertiary alicyclic amines) is 1. The van der Waals surface area contributed by atoms with Crippen LogP contribution in [0.5, 0.6) is 0 Å². The number of nitrogens with zero attached hydrogens (tertiary/aromatic N) is 3. The zero-order valence-corrected chi connectivity index (χ0v) is 14.2. The molecule has 2 aromatic heterocycles. The third kappa shape index (κ3) is 2.93. The Kier molecular flexibility index (Phi) is 4.28. The van der Waals surface area contributed by atoms with Crippen LogP contribution < -0.4 is 0 Å². The van der Waals surface area contributed by atoms with Crippen LogP contribution in [0, 0.1) is 0 Å². The second-order valence-corrected chi connectivity index (χ2v) is 6.37. The highest BCUT2D eigenvalue weighted by Gasteiger charge is 2.30. The maximum absolute atomic E-state index is 13.1. The number of methoxy groups -OCH3 is 1. The third-order valence-electron chi connectivity index (χ3n) is 4.76. The minimum absolute atomic E-state index is 0.0693. The number of hydrogen-bond acceptors (Lipinski definition) is 4. The van der Waals surface area contributed by atoms with Gasteiger partial charge in [0.05, 0.1) is 12.6 Å². The van der Waals surface area contributed by atoms with E-state index in [2.05, 4.69) is 5.10 Å². The van der Waals surface area contributed by atoms with Crippen molar-refractivity contribution in [2.24, 2.45) is 0 Å². The number of carbonyl (C=O) groups is 1. The zero-order chi connectivity index (χ0) is 17.2. The van der Waals surface area contributed by atoms with Crippen molar-refractivity contribution in [2.75, 3.05) is 20.2 Å². The van der Waals surface area contributed by atoms with Gasteiger partial charge >= 0.3 is 0 Å². The Morgan fingerprint density at radius 3 is 3.04 bits per heavy atom. The first-order chi connectivity index (χ1) is 12.3. The molecular formula is C19H21N3O3. The van der Waals surface area contributed by atoms with E-state index in [4.69, 9.17) is 9.15 Å². The molecule has 130 valence electrons. The Labute approximate surface area is 146 Å². The Bertz CT molecular complexity index is 869. The molecule has 1 unspecified atom stereocenters. The molecule has 0 spiro atoms. The first-order valence-electron chi connectivity index (χ1n) is 8.55. The van der Waals surface area contributed by atoms with Gasteiger partial charge in [0, 0.05) is 43.5 Å². The van der Waals surface area contributed by atoms with Gasteiger partial charge < -0.3 is 14.1 Å². The van der Waals surface area contributed by atoms with Gasteiger partial charge in [-0.3, -0.25) is 9.48 Å². The number of benzene rings is 1. The molecule has 0 aliphatic carbocycles. The van der Waals surface area contributed by atoms with Crippen LogP contribution >= 0.6 is 0 Å². The van der Waals surface area contributed by atoms with Crippen molar-refractivity contribution in [1.82, 2.24) is 14.7 Å². The molecule has 1 aromatic carbocycles. The van der Waals surface area contributed by atoms with E-state index < -0.39 is 0 Å². The van der Waals surface area contributed by atoms with Gasteiger partial charge in [0.1, 0.15) is 5.58 Å². The van der Waals surface area contributed by atoms with Gasteiger partial charge in [-0.2, -0.15) is 5.10 Å². The number of furan rings is 1. The molecular weight excluding hydrogens is 318 g/mol. The highest BCUT2D eigenvalue weighted by molar-refractivity contribution is 5.99. The first-order valence-corrected chi connectivity index (χ1v) is 8.55. The second-order valence-electron chi connectivity index (χ2n) is 6.37. The minimum Gasteiger partial charge on any atom is -0.451 e. The summed E-state index contributed by atoms with van der Waals surface area (Å²) in [5, 5.41) is 5.26.